The number of benzene rings is 2. The van der Waals surface area contributed by atoms with Crippen molar-refractivity contribution < 1.29 is 13.2 Å². The van der Waals surface area contributed by atoms with E-state index in [1.165, 1.54) is 6.26 Å². The molecule has 2 aromatic carbocycles. The van der Waals surface area contributed by atoms with E-state index in [2.05, 4.69) is 17.2 Å². The maximum Gasteiger partial charge on any atom is 0.175 e. The summed E-state index contributed by atoms with van der Waals surface area (Å²) in [4.78, 5) is 0.304. The van der Waals surface area contributed by atoms with Crippen molar-refractivity contribution in [2.24, 2.45) is 0 Å². The molecule has 0 bridgehead atoms. The number of nitrogens with one attached hydrogen (secondary N) is 2. The topological polar surface area (TPSA) is 67.4 Å². The Labute approximate surface area is 166 Å². The van der Waals surface area contributed by atoms with Gasteiger partial charge in [-0.1, -0.05) is 37.8 Å². The molecular formula is C20H24N2O3S2. The Bertz CT molecular complexity index is 894. The number of rotatable bonds is 8. The summed E-state index contributed by atoms with van der Waals surface area (Å²) in [6.45, 7) is 6.11. The van der Waals surface area contributed by atoms with E-state index in [0.29, 0.717) is 16.6 Å². The second-order valence-electron chi connectivity index (χ2n) is 6.03. The van der Waals surface area contributed by atoms with Crippen LogP contribution in [0.3, 0.4) is 0 Å². The molecule has 0 fully saturated rings. The average Bonchev–Trinajstić information content (AvgIpc) is 2.64. The largest absolute Gasteiger partial charge is 0.489 e. The molecule has 0 aliphatic rings. The fourth-order valence-electron chi connectivity index (χ4n) is 2.51. The van der Waals surface area contributed by atoms with Gasteiger partial charge in [0.25, 0.3) is 0 Å². The predicted octanol–water partition coefficient (Wildman–Crippen LogP) is 4.09. The third-order valence-electron chi connectivity index (χ3n) is 3.88. The molecule has 0 radical (unpaired) electrons. The average molecular weight is 405 g/mol. The lowest BCUT2D eigenvalue weighted by Crippen LogP contribution is -2.32. The zero-order valence-corrected chi connectivity index (χ0v) is 17.1. The van der Waals surface area contributed by atoms with Crippen LogP contribution < -0.4 is 15.4 Å². The van der Waals surface area contributed by atoms with Crippen LogP contribution in [0, 0.1) is 0 Å². The molecule has 27 heavy (non-hydrogen) atoms. The molecule has 0 aliphatic carbocycles. The fraction of sp³-hybridized carbons (Fsp3) is 0.250. The van der Waals surface area contributed by atoms with E-state index in [1.807, 2.05) is 43.3 Å². The molecule has 1 atom stereocenters. The molecule has 0 spiro atoms. The molecule has 7 heteroatoms. The Kier molecular flexibility index (Phi) is 7.38. The monoisotopic (exact) mass is 404 g/mol. The molecule has 0 aromatic heterocycles. The first-order chi connectivity index (χ1) is 12.8. The number of thiocarbonyl (C=S) groups is 1. The Hall–Kier alpha value is -2.38. The van der Waals surface area contributed by atoms with Crippen molar-refractivity contribution in [2.75, 3.05) is 18.2 Å². The zero-order valence-electron chi connectivity index (χ0n) is 15.4. The summed E-state index contributed by atoms with van der Waals surface area (Å²) < 4.78 is 28.7. The maximum absolute atomic E-state index is 11.6. The van der Waals surface area contributed by atoms with Crippen molar-refractivity contribution in [3.05, 3.63) is 66.7 Å². The third-order valence-corrected chi connectivity index (χ3v) is 5.23. The van der Waals surface area contributed by atoms with Crippen LogP contribution in [-0.2, 0) is 9.84 Å². The molecule has 0 aliphatic heterocycles. The molecule has 5 nitrogen and oxygen atoms in total. The number of hydrogen-bond acceptors (Lipinski definition) is 4. The molecule has 0 heterocycles. The van der Waals surface area contributed by atoms with E-state index < -0.39 is 9.84 Å². The molecule has 2 aromatic rings. The van der Waals surface area contributed by atoms with Crippen LogP contribution in [0.1, 0.15) is 24.9 Å². The lowest BCUT2D eigenvalue weighted by atomic mass is 10.1. The van der Waals surface area contributed by atoms with Crippen molar-refractivity contribution in [1.29, 1.82) is 0 Å². The predicted molar refractivity (Wildman–Crippen MR) is 114 cm³/mol. The fourth-order valence-corrected chi connectivity index (χ4v) is 3.40. The Morgan fingerprint density at radius 2 is 1.96 bits per heavy atom. The van der Waals surface area contributed by atoms with Crippen LogP contribution in [0.2, 0.25) is 0 Å². The van der Waals surface area contributed by atoms with E-state index >= 15 is 0 Å². The first-order valence-corrected chi connectivity index (χ1v) is 10.8. The summed E-state index contributed by atoms with van der Waals surface area (Å²) in [5, 5.41) is 6.90. The number of sulfone groups is 1. The summed E-state index contributed by atoms with van der Waals surface area (Å²) in [5.41, 5.74) is 1.79. The lowest BCUT2D eigenvalue weighted by Gasteiger charge is -2.20. The molecule has 2 N–H and O–H groups in total. The molecule has 0 unspecified atom stereocenters. The van der Waals surface area contributed by atoms with Crippen molar-refractivity contribution in [1.82, 2.24) is 5.32 Å². The molecule has 2 rings (SSSR count). The van der Waals surface area contributed by atoms with Crippen LogP contribution in [0.15, 0.2) is 66.1 Å². The van der Waals surface area contributed by atoms with Gasteiger partial charge in [-0.2, -0.15) is 0 Å². The summed E-state index contributed by atoms with van der Waals surface area (Å²) in [7, 11) is -3.20. The smallest absolute Gasteiger partial charge is 0.175 e. The van der Waals surface area contributed by atoms with Gasteiger partial charge in [-0.05, 0) is 48.5 Å². The van der Waals surface area contributed by atoms with E-state index in [-0.39, 0.29) is 6.04 Å². The van der Waals surface area contributed by atoms with Gasteiger partial charge in [0.2, 0.25) is 0 Å². The number of anilines is 1. The van der Waals surface area contributed by atoms with Crippen LogP contribution in [0.4, 0.5) is 5.69 Å². The number of ether oxygens (including phenoxy) is 1. The molecule has 0 saturated carbocycles. The highest BCUT2D eigenvalue weighted by Crippen LogP contribution is 2.21. The van der Waals surface area contributed by atoms with Gasteiger partial charge in [-0.25, -0.2) is 8.42 Å². The second-order valence-corrected chi connectivity index (χ2v) is 8.45. The van der Waals surface area contributed by atoms with Crippen LogP contribution in [-0.4, -0.2) is 26.4 Å². The van der Waals surface area contributed by atoms with Gasteiger partial charge >= 0.3 is 0 Å². The van der Waals surface area contributed by atoms with Gasteiger partial charge < -0.3 is 15.4 Å². The van der Waals surface area contributed by atoms with E-state index in [4.69, 9.17) is 17.0 Å². The van der Waals surface area contributed by atoms with E-state index in [1.54, 1.807) is 18.2 Å². The number of hydrogen-bond donors (Lipinski definition) is 2. The Morgan fingerprint density at radius 3 is 2.56 bits per heavy atom. The summed E-state index contributed by atoms with van der Waals surface area (Å²) in [6.07, 6.45) is 3.68. The summed E-state index contributed by atoms with van der Waals surface area (Å²) in [6, 6.07) is 14.3. The SMILES string of the molecule is C=CCOc1cccc(NC(=S)N[C@H](CC)c2ccc(S(C)(=O)=O)cc2)c1. The van der Waals surface area contributed by atoms with Crippen molar-refractivity contribution in [3.8, 4) is 5.75 Å². The van der Waals surface area contributed by atoms with Gasteiger partial charge in [0.15, 0.2) is 14.9 Å². The first-order valence-electron chi connectivity index (χ1n) is 8.54. The summed E-state index contributed by atoms with van der Waals surface area (Å²) in [5.74, 6) is 0.728. The first kappa shape index (κ1) is 20.9. The highest BCUT2D eigenvalue weighted by molar-refractivity contribution is 7.90. The highest BCUT2D eigenvalue weighted by atomic mass is 32.2. The van der Waals surface area contributed by atoms with Crippen LogP contribution in [0.5, 0.6) is 5.75 Å². The van der Waals surface area contributed by atoms with Crippen LogP contribution in [0.25, 0.3) is 0 Å². The minimum absolute atomic E-state index is 0.0289. The van der Waals surface area contributed by atoms with Crippen molar-refractivity contribution in [3.63, 3.8) is 0 Å². The highest BCUT2D eigenvalue weighted by Gasteiger charge is 2.13. The second kappa shape index (κ2) is 9.53. The summed E-state index contributed by atoms with van der Waals surface area (Å²) >= 11 is 5.42. The normalized spacial score (nSPS) is 12.1. The van der Waals surface area contributed by atoms with E-state index in [0.717, 1.165) is 23.4 Å². The van der Waals surface area contributed by atoms with Crippen molar-refractivity contribution >= 4 is 32.9 Å². The third kappa shape index (κ3) is 6.37. The van der Waals surface area contributed by atoms with Crippen LogP contribution >= 0.6 is 12.2 Å². The van der Waals surface area contributed by atoms with Gasteiger partial charge in [-0.3, -0.25) is 0 Å². The van der Waals surface area contributed by atoms with Gasteiger partial charge in [0, 0.05) is 18.0 Å². The molecule has 0 saturated heterocycles. The maximum atomic E-state index is 11.6. The zero-order chi connectivity index (χ0) is 19.9. The minimum atomic E-state index is -3.20. The quantitative estimate of drug-likeness (QED) is 0.510. The molecule has 144 valence electrons. The van der Waals surface area contributed by atoms with Crippen molar-refractivity contribution in [2.45, 2.75) is 24.3 Å². The van der Waals surface area contributed by atoms with Gasteiger partial charge in [0.1, 0.15) is 12.4 Å². The van der Waals surface area contributed by atoms with E-state index in [9.17, 15) is 8.42 Å². The lowest BCUT2D eigenvalue weighted by molar-refractivity contribution is 0.363. The van der Waals surface area contributed by atoms with Gasteiger partial charge in [0.05, 0.1) is 10.9 Å². The standard InChI is InChI=1S/C20H24N2O3S2/c1-4-13-25-17-8-6-7-16(14-17)21-20(26)22-19(5-2)15-9-11-18(12-10-15)27(3,23)24/h4,6-12,14,19H,1,5,13H2,2-3H3,(H2,21,22,26)/t19-/m1/s1. The van der Waals surface area contributed by atoms with Gasteiger partial charge in [-0.15, -0.1) is 0 Å². The minimum Gasteiger partial charge on any atom is -0.489 e. The molecular weight excluding hydrogens is 380 g/mol. The Balaban J connectivity index is 2.03. The molecule has 0 amide bonds. The Morgan fingerprint density at radius 1 is 1.26 bits per heavy atom.